The number of nitrogens with one attached hydrogen (secondary N) is 1. The van der Waals surface area contributed by atoms with Gasteiger partial charge >= 0.3 is 7.82 Å². The number of phosphoric ester groups is 1. The highest BCUT2D eigenvalue weighted by molar-refractivity contribution is 7.46. The number of amides is 1. The van der Waals surface area contributed by atoms with Crippen LogP contribution in [0.1, 0.15) is 239 Å². The summed E-state index contributed by atoms with van der Waals surface area (Å²) in [6.07, 6.45) is 47.0. The Kier molecular flexibility index (Phi) is 38.4. The van der Waals surface area contributed by atoms with Crippen molar-refractivity contribution in [2.24, 2.45) is 0 Å². The first-order valence-corrected chi connectivity index (χ1v) is 23.7. The highest BCUT2D eigenvalue weighted by Gasteiger charge is 2.24. The summed E-state index contributed by atoms with van der Waals surface area (Å²) < 4.78 is 15.9. The predicted octanol–water partition coefficient (Wildman–Crippen LogP) is 13.2. The van der Waals surface area contributed by atoms with Gasteiger partial charge in [0.2, 0.25) is 5.91 Å². The fourth-order valence-electron chi connectivity index (χ4n) is 6.87. The summed E-state index contributed by atoms with van der Waals surface area (Å²) in [5, 5.41) is 13.3. The zero-order chi connectivity index (χ0) is 37.5. The largest absolute Gasteiger partial charge is 0.469 e. The molecular formula is C43H86NO6P. The number of hydrogen-bond acceptors (Lipinski definition) is 4. The van der Waals surface area contributed by atoms with Crippen LogP contribution in [-0.4, -0.2) is 39.6 Å². The molecule has 0 heterocycles. The molecule has 4 N–H and O–H groups in total. The Morgan fingerprint density at radius 1 is 0.549 bits per heavy atom. The third-order valence-electron chi connectivity index (χ3n) is 10.2. The average Bonchev–Trinajstić information content (AvgIpc) is 3.10. The standard InChI is InChI=1S/C43H86NO6P/c1-3-5-7-9-11-13-14-15-16-17-18-19-20-21-22-23-24-25-26-27-28-29-31-33-35-37-39-43(46)44-41(40-50-51(47,48)49)42(45)38-36-34-32-30-12-10-8-6-4-2/h36,38,41-42,45H,3-35,37,39-40H2,1-2H3,(H,44,46)(H2,47,48,49)/b38-36+/t41-,42+/m0/s1. The molecule has 2 atom stereocenters. The van der Waals surface area contributed by atoms with Crippen molar-refractivity contribution in [1.29, 1.82) is 0 Å². The lowest BCUT2D eigenvalue weighted by atomic mass is 10.0. The van der Waals surface area contributed by atoms with Gasteiger partial charge in [0.05, 0.1) is 18.8 Å². The Morgan fingerprint density at radius 3 is 1.20 bits per heavy atom. The monoisotopic (exact) mass is 744 g/mol. The Bertz CT molecular complexity index is 803. The van der Waals surface area contributed by atoms with E-state index in [-0.39, 0.29) is 5.91 Å². The minimum Gasteiger partial charge on any atom is -0.387 e. The highest BCUT2D eigenvalue weighted by Crippen LogP contribution is 2.35. The van der Waals surface area contributed by atoms with Gasteiger partial charge in [-0.3, -0.25) is 9.32 Å². The maximum Gasteiger partial charge on any atom is 0.469 e. The normalized spacial score (nSPS) is 13.3. The van der Waals surface area contributed by atoms with E-state index < -0.39 is 26.6 Å². The molecule has 0 unspecified atom stereocenters. The molecule has 0 spiro atoms. The fraction of sp³-hybridized carbons (Fsp3) is 0.930. The van der Waals surface area contributed by atoms with Crippen LogP contribution in [-0.2, 0) is 13.9 Å². The molecule has 0 fully saturated rings. The van der Waals surface area contributed by atoms with Crippen LogP contribution < -0.4 is 5.32 Å². The SMILES string of the molecule is CCCCCCCCC/C=C/[C@@H](O)[C@H](COP(=O)(O)O)NC(=O)CCCCCCCCCCCCCCCCCCCCCCCCCCCC. The van der Waals surface area contributed by atoms with Crippen LogP contribution in [0.2, 0.25) is 0 Å². The highest BCUT2D eigenvalue weighted by atomic mass is 31.2. The molecular weight excluding hydrogens is 657 g/mol. The molecule has 51 heavy (non-hydrogen) atoms. The molecule has 0 radical (unpaired) electrons. The van der Waals surface area contributed by atoms with Crippen LogP contribution in [0, 0.1) is 0 Å². The molecule has 0 aromatic rings. The van der Waals surface area contributed by atoms with Crippen molar-refractivity contribution in [3.8, 4) is 0 Å². The smallest absolute Gasteiger partial charge is 0.387 e. The van der Waals surface area contributed by atoms with Crippen molar-refractivity contribution < 1.29 is 28.8 Å². The summed E-state index contributed by atoms with van der Waals surface area (Å²) in [4.78, 5) is 30.8. The molecule has 0 aliphatic carbocycles. The molecule has 7 nitrogen and oxygen atoms in total. The maximum absolute atomic E-state index is 12.5. The summed E-state index contributed by atoms with van der Waals surface area (Å²) >= 11 is 0. The number of aliphatic hydroxyl groups excluding tert-OH is 1. The van der Waals surface area contributed by atoms with E-state index >= 15 is 0 Å². The van der Waals surface area contributed by atoms with Gasteiger partial charge in [0.25, 0.3) is 0 Å². The van der Waals surface area contributed by atoms with E-state index in [0.717, 1.165) is 38.5 Å². The number of carbonyl (C=O) groups is 1. The van der Waals surface area contributed by atoms with Crippen LogP contribution in [0.4, 0.5) is 0 Å². The zero-order valence-electron chi connectivity index (χ0n) is 33.8. The number of hydrogen-bond donors (Lipinski definition) is 4. The van der Waals surface area contributed by atoms with E-state index in [0.29, 0.717) is 6.42 Å². The Morgan fingerprint density at radius 2 is 0.863 bits per heavy atom. The number of rotatable bonds is 41. The van der Waals surface area contributed by atoms with Gasteiger partial charge in [0.1, 0.15) is 0 Å². The van der Waals surface area contributed by atoms with Crippen LogP contribution in [0.5, 0.6) is 0 Å². The van der Waals surface area contributed by atoms with E-state index in [1.165, 1.54) is 180 Å². The van der Waals surface area contributed by atoms with E-state index in [1.807, 2.05) is 6.08 Å². The molecule has 1 amide bonds. The van der Waals surface area contributed by atoms with Gasteiger partial charge in [-0.1, -0.05) is 225 Å². The molecule has 0 rings (SSSR count). The molecule has 0 saturated heterocycles. The first kappa shape index (κ1) is 50.3. The van der Waals surface area contributed by atoms with Gasteiger partial charge in [0.15, 0.2) is 0 Å². The van der Waals surface area contributed by atoms with Crippen molar-refractivity contribution in [1.82, 2.24) is 5.32 Å². The van der Waals surface area contributed by atoms with Gasteiger partial charge in [-0.05, 0) is 19.3 Å². The minimum atomic E-state index is -4.70. The molecule has 304 valence electrons. The molecule has 0 aromatic carbocycles. The number of allylic oxidation sites excluding steroid dienone is 1. The minimum absolute atomic E-state index is 0.224. The van der Waals surface area contributed by atoms with Crippen molar-refractivity contribution in [2.45, 2.75) is 251 Å². The quantitative estimate of drug-likeness (QED) is 0.0281. The van der Waals surface area contributed by atoms with Crippen LogP contribution >= 0.6 is 7.82 Å². The van der Waals surface area contributed by atoms with Gasteiger partial charge in [0, 0.05) is 6.42 Å². The van der Waals surface area contributed by atoms with Crippen molar-refractivity contribution in [3.63, 3.8) is 0 Å². The summed E-state index contributed by atoms with van der Waals surface area (Å²) in [6, 6.07) is -0.903. The maximum atomic E-state index is 12.5. The van der Waals surface area contributed by atoms with Gasteiger partial charge in [-0.2, -0.15) is 0 Å². The summed E-state index contributed by atoms with van der Waals surface area (Å²) in [6.45, 7) is 4.05. The van der Waals surface area contributed by atoms with Crippen LogP contribution in [0.25, 0.3) is 0 Å². The zero-order valence-corrected chi connectivity index (χ0v) is 34.7. The van der Waals surface area contributed by atoms with E-state index in [4.69, 9.17) is 9.79 Å². The average molecular weight is 744 g/mol. The fourth-order valence-corrected chi connectivity index (χ4v) is 7.23. The first-order chi connectivity index (χ1) is 24.8. The molecule has 8 heteroatoms. The number of aliphatic hydroxyl groups is 1. The van der Waals surface area contributed by atoms with Crippen LogP contribution in [0.3, 0.4) is 0 Å². The number of carbonyl (C=O) groups excluding carboxylic acids is 1. The summed E-state index contributed by atoms with van der Waals surface area (Å²) in [5.74, 6) is -0.224. The molecule has 0 aliphatic heterocycles. The van der Waals surface area contributed by atoms with Gasteiger partial charge in [-0.25, -0.2) is 4.57 Å². The lowest BCUT2D eigenvalue weighted by Crippen LogP contribution is -2.45. The third kappa shape index (κ3) is 40.3. The Labute approximate surface area is 316 Å². The van der Waals surface area contributed by atoms with Gasteiger partial charge in [-0.15, -0.1) is 0 Å². The van der Waals surface area contributed by atoms with E-state index in [2.05, 4.69) is 23.7 Å². The second kappa shape index (κ2) is 39.0. The van der Waals surface area contributed by atoms with Crippen molar-refractivity contribution in [3.05, 3.63) is 12.2 Å². The van der Waals surface area contributed by atoms with Crippen molar-refractivity contribution >= 4 is 13.7 Å². The topological polar surface area (TPSA) is 116 Å². The van der Waals surface area contributed by atoms with Crippen LogP contribution in [0.15, 0.2) is 12.2 Å². The summed E-state index contributed by atoms with van der Waals surface area (Å²) in [7, 11) is -4.70. The van der Waals surface area contributed by atoms with Crippen molar-refractivity contribution in [2.75, 3.05) is 6.61 Å². The predicted molar refractivity (Wildman–Crippen MR) is 218 cm³/mol. The Balaban J connectivity index is 3.71. The molecule has 0 aliphatic rings. The lowest BCUT2D eigenvalue weighted by molar-refractivity contribution is -0.123. The molecule has 0 aromatic heterocycles. The summed E-state index contributed by atoms with van der Waals surface area (Å²) in [5.41, 5.74) is 0. The third-order valence-corrected chi connectivity index (χ3v) is 10.7. The Hall–Kier alpha value is -0.720. The van der Waals surface area contributed by atoms with E-state index in [1.54, 1.807) is 6.08 Å². The van der Waals surface area contributed by atoms with Gasteiger partial charge < -0.3 is 20.2 Å². The molecule has 0 bridgehead atoms. The first-order valence-electron chi connectivity index (χ1n) is 22.1. The second-order valence-electron chi connectivity index (χ2n) is 15.4. The second-order valence-corrected chi connectivity index (χ2v) is 16.6. The lowest BCUT2D eigenvalue weighted by Gasteiger charge is -2.22. The van der Waals surface area contributed by atoms with E-state index in [9.17, 15) is 14.5 Å². The molecule has 0 saturated carbocycles. The number of unbranched alkanes of at least 4 members (excludes halogenated alkanes) is 32. The number of phosphoric acid groups is 1.